The minimum atomic E-state index is -0.0347. The third-order valence-electron chi connectivity index (χ3n) is 1.78. The summed E-state index contributed by atoms with van der Waals surface area (Å²) in [6, 6.07) is 3.52. The first-order chi connectivity index (χ1) is 6.66. The van der Waals surface area contributed by atoms with Crippen LogP contribution in [-0.2, 0) is 7.05 Å². The van der Waals surface area contributed by atoms with Crippen LogP contribution in [0.25, 0.3) is 0 Å². The zero-order valence-corrected chi connectivity index (χ0v) is 9.80. The van der Waals surface area contributed by atoms with Crippen LogP contribution < -0.4 is 0 Å². The molecule has 0 aliphatic carbocycles. The first kappa shape index (κ1) is 9.61. The summed E-state index contributed by atoms with van der Waals surface area (Å²) in [5.74, 6) is -0.0347. The van der Waals surface area contributed by atoms with Crippen molar-refractivity contribution < 1.29 is 4.79 Å². The second-order valence-electron chi connectivity index (χ2n) is 2.84. The van der Waals surface area contributed by atoms with Crippen LogP contribution in [0.5, 0.6) is 0 Å². The lowest BCUT2D eigenvalue weighted by atomic mass is 10.2. The van der Waals surface area contributed by atoms with E-state index < -0.39 is 0 Å². The van der Waals surface area contributed by atoms with Gasteiger partial charge in [0.25, 0.3) is 0 Å². The zero-order chi connectivity index (χ0) is 10.1. The molecule has 0 spiro atoms. The number of hydrogen-bond acceptors (Lipinski definition) is 3. The molecule has 0 amide bonds. The summed E-state index contributed by atoms with van der Waals surface area (Å²) in [7, 11) is 1.79. The van der Waals surface area contributed by atoms with Crippen molar-refractivity contribution in [1.82, 2.24) is 9.78 Å². The van der Waals surface area contributed by atoms with Gasteiger partial charge < -0.3 is 0 Å². The summed E-state index contributed by atoms with van der Waals surface area (Å²) in [5, 5.41) is 5.87. The molecule has 5 heteroatoms. The Morgan fingerprint density at radius 1 is 1.64 bits per heavy atom. The number of ketones is 1. The number of aryl methyl sites for hydroxylation is 1. The van der Waals surface area contributed by atoms with Gasteiger partial charge in [-0.3, -0.25) is 9.48 Å². The topological polar surface area (TPSA) is 34.9 Å². The van der Waals surface area contributed by atoms with Crippen molar-refractivity contribution >= 4 is 33.0 Å². The third-order valence-corrected chi connectivity index (χ3v) is 3.28. The van der Waals surface area contributed by atoms with Gasteiger partial charge in [0.15, 0.2) is 0 Å². The molecule has 14 heavy (non-hydrogen) atoms. The summed E-state index contributed by atoms with van der Waals surface area (Å²) >= 11 is 4.81. The number of nitrogens with zero attached hydrogens (tertiary/aromatic N) is 2. The lowest BCUT2D eigenvalue weighted by Crippen LogP contribution is -2.01. The highest BCUT2D eigenvalue weighted by atomic mass is 79.9. The van der Waals surface area contributed by atoms with Gasteiger partial charge in [0.1, 0.15) is 5.69 Å². The predicted molar refractivity (Wildman–Crippen MR) is 58.7 cm³/mol. The molecule has 0 unspecified atom stereocenters. The second-order valence-corrected chi connectivity index (χ2v) is 5.13. The summed E-state index contributed by atoms with van der Waals surface area (Å²) in [6.45, 7) is 0. The van der Waals surface area contributed by atoms with E-state index in [1.807, 2.05) is 11.4 Å². The molecule has 0 radical (unpaired) electrons. The standard InChI is InChI=1S/C9H7BrN2OS/c1-12-3-2-7(11-12)9(13)6-4-8(10)14-5-6/h2-5H,1H3. The lowest BCUT2D eigenvalue weighted by molar-refractivity contribution is 0.103. The molecule has 0 N–H and O–H groups in total. The lowest BCUT2D eigenvalue weighted by Gasteiger charge is -1.91. The van der Waals surface area contributed by atoms with E-state index in [4.69, 9.17) is 0 Å². The number of carbonyl (C=O) groups is 1. The molecule has 2 rings (SSSR count). The van der Waals surface area contributed by atoms with Crippen molar-refractivity contribution in [3.63, 3.8) is 0 Å². The van der Waals surface area contributed by atoms with Crippen molar-refractivity contribution in [3.05, 3.63) is 38.8 Å². The first-order valence-electron chi connectivity index (χ1n) is 3.95. The Hall–Kier alpha value is -0.940. The summed E-state index contributed by atoms with van der Waals surface area (Å²) in [5.41, 5.74) is 1.17. The smallest absolute Gasteiger partial charge is 0.214 e. The van der Waals surface area contributed by atoms with Gasteiger partial charge in [0.05, 0.1) is 3.79 Å². The molecule has 0 fully saturated rings. The molecule has 0 aromatic carbocycles. The van der Waals surface area contributed by atoms with Crippen molar-refractivity contribution in [2.45, 2.75) is 0 Å². The van der Waals surface area contributed by atoms with E-state index >= 15 is 0 Å². The molecule has 0 saturated carbocycles. The molecule has 0 saturated heterocycles. The van der Waals surface area contributed by atoms with Crippen LogP contribution in [0.2, 0.25) is 0 Å². The van der Waals surface area contributed by atoms with Gasteiger partial charge in [-0.2, -0.15) is 5.10 Å². The molecule has 2 aromatic rings. The molecule has 2 heterocycles. The molecule has 0 atom stereocenters. The fourth-order valence-corrected chi connectivity index (χ4v) is 2.25. The van der Waals surface area contributed by atoms with Gasteiger partial charge in [-0.1, -0.05) is 0 Å². The zero-order valence-electron chi connectivity index (χ0n) is 7.40. The van der Waals surface area contributed by atoms with Gasteiger partial charge in [-0.05, 0) is 28.1 Å². The molecular formula is C9H7BrN2OS. The average Bonchev–Trinajstić information content (AvgIpc) is 2.73. The van der Waals surface area contributed by atoms with Crippen LogP contribution in [-0.4, -0.2) is 15.6 Å². The molecular weight excluding hydrogens is 264 g/mol. The Morgan fingerprint density at radius 3 is 2.93 bits per heavy atom. The van der Waals surface area contributed by atoms with E-state index in [2.05, 4.69) is 21.0 Å². The van der Waals surface area contributed by atoms with E-state index in [1.165, 1.54) is 11.3 Å². The van der Waals surface area contributed by atoms with Crippen molar-refractivity contribution in [1.29, 1.82) is 0 Å². The van der Waals surface area contributed by atoms with Crippen LogP contribution in [0, 0.1) is 0 Å². The number of halogens is 1. The maximum absolute atomic E-state index is 11.8. The van der Waals surface area contributed by atoms with Crippen LogP contribution in [0.3, 0.4) is 0 Å². The van der Waals surface area contributed by atoms with Crippen molar-refractivity contribution in [2.75, 3.05) is 0 Å². The molecule has 2 aromatic heterocycles. The Labute approximate surface area is 93.5 Å². The number of thiophene rings is 1. The predicted octanol–water partition coefficient (Wildman–Crippen LogP) is 2.48. The Kier molecular flexibility index (Phi) is 2.52. The van der Waals surface area contributed by atoms with Crippen molar-refractivity contribution in [2.24, 2.45) is 7.05 Å². The van der Waals surface area contributed by atoms with Crippen LogP contribution in [0.4, 0.5) is 0 Å². The minimum Gasteiger partial charge on any atom is -0.287 e. The quantitative estimate of drug-likeness (QED) is 0.786. The van der Waals surface area contributed by atoms with E-state index in [9.17, 15) is 4.79 Å². The van der Waals surface area contributed by atoms with Gasteiger partial charge in [-0.25, -0.2) is 0 Å². The Morgan fingerprint density at radius 2 is 2.43 bits per heavy atom. The molecule has 3 nitrogen and oxygen atoms in total. The highest BCUT2D eigenvalue weighted by molar-refractivity contribution is 9.11. The highest BCUT2D eigenvalue weighted by Crippen LogP contribution is 2.22. The fourth-order valence-electron chi connectivity index (χ4n) is 1.11. The minimum absolute atomic E-state index is 0.0347. The van der Waals surface area contributed by atoms with Crippen LogP contribution in [0.1, 0.15) is 16.1 Å². The SMILES string of the molecule is Cn1ccc(C(=O)c2csc(Br)c2)n1. The monoisotopic (exact) mass is 270 g/mol. The van der Waals surface area contributed by atoms with E-state index in [0.29, 0.717) is 11.3 Å². The van der Waals surface area contributed by atoms with E-state index in [1.54, 1.807) is 24.0 Å². The van der Waals surface area contributed by atoms with Gasteiger partial charge in [0, 0.05) is 24.2 Å². The molecule has 0 bridgehead atoms. The molecule has 72 valence electrons. The summed E-state index contributed by atoms with van der Waals surface area (Å²) in [4.78, 5) is 11.8. The third kappa shape index (κ3) is 1.78. The maximum atomic E-state index is 11.8. The maximum Gasteiger partial charge on any atom is 0.214 e. The van der Waals surface area contributed by atoms with Gasteiger partial charge >= 0.3 is 0 Å². The van der Waals surface area contributed by atoms with Crippen LogP contribution >= 0.6 is 27.3 Å². The van der Waals surface area contributed by atoms with Crippen molar-refractivity contribution in [3.8, 4) is 0 Å². The fraction of sp³-hybridized carbons (Fsp3) is 0.111. The van der Waals surface area contributed by atoms with Gasteiger partial charge in [-0.15, -0.1) is 11.3 Å². The Bertz CT molecular complexity index is 432. The number of hydrogen-bond donors (Lipinski definition) is 0. The first-order valence-corrected chi connectivity index (χ1v) is 5.62. The molecule has 0 aliphatic heterocycles. The number of aromatic nitrogens is 2. The van der Waals surface area contributed by atoms with Gasteiger partial charge in [0.2, 0.25) is 5.78 Å². The normalized spacial score (nSPS) is 10.4. The average molecular weight is 271 g/mol. The number of rotatable bonds is 2. The number of carbonyl (C=O) groups excluding carboxylic acids is 1. The molecule has 0 aliphatic rings. The van der Waals surface area contributed by atoms with E-state index in [-0.39, 0.29) is 5.78 Å². The summed E-state index contributed by atoms with van der Waals surface area (Å²) in [6.07, 6.45) is 1.76. The van der Waals surface area contributed by atoms with Crippen LogP contribution in [0.15, 0.2) is 27.5 Å². The largest absolute Gasteiger partial charge is 0.287 e. The Balaban J connectivity index is 2.33. The van der Waals surface area contributed by atoms with E-state index in [0.717, 1.165) is 3.79 Å². The highest BCUT2D eigenvalue weighted by Gasteiger charge is 2.12. The second kappa shape index (κ2) is 3.67. The summed E-state index contributed by atoms with van der Waals surface area (Å²) < 4.78 is 2.58.